The van der Waals surface area contributed by atoms with Gasteiger partial charge in [-0.05, 0) is 70.2 Å². The van der Waals surface area contributed by atoms with Gasteiger partial charge in [0.2, 0.25) is 0 Å². The Morgan fingerprint density at radius 3 is 2.14 bits per heavy atom. The standard InChI is InChI=1S/C30H38BN3OS/c1-22(2)32-19-20-33(23(3)4)29(32)31(36-27-18-17-24-13-11-12-16-26(24)21-27)28(34(35)30(5,6)7)25-14-9-8-10-15-25/h8-23,28H,1-7H3. The van der Waals surface area contributed by atoms with Crippen LogP contribution in [-0.4, -0.2) is 21.2 Å². The molecule has 0 bridgehead atoms. The molecule has 1 heterocycles. The zero-order chi connectivity index (χ0) is 26.0. The van der Waals surface area contributed by atoms with Gasteiger partial charge in [0.05, 0.1) is 17.8 Å². The van der Waals surface area contributed by atoms with E-state index < -0.39 is 5.54 Å². The van der Waals surface area contributed by atoms with Gasteiger partial charge < -0.3 is 11.6 Å². The summed E-state index contributed by atoms with van der Waals surface area (Å²) in [6.45, 7) is 14.9. The number of hydrogen-bond donors (Lipinski definition) is 0. The highest BCUT2D eigenvalue weighted by Gasteiger charge is 2.36. The lowest BCUT2D eigenvalue weighted by molar-refractivity contribution is -0.699. The van der Waals surface area contributed by atoms with Gasteiger partial charge in [0.15, 0.2) is 0 Å². The first kappa shape index (κ1) is 26.5. The van der Waals surface area contributed by atoms with Crippen molar-refractivity contribution in [3.63, 3.8) is 0 Å². The molecule has 4 rings (SSSR count). The third-order valence-corrected chi connectivity index (χ3v) is 7.86. The molecule has 0 amide bonds. The Morgan fingerprint density at radius 2 is 1.53 bits per heavy atom. The molecule has 0 aliphatic heterocycles. The smallest absolute Gasteiger partial charge is 0.126 e. The first-order chi connectivity index (χ1) is 17.1. The van der Waals surface area contributed by atoms with Crippen LogP contribution in [0.2, 0.25) is 0 Å². The first-order valence-corrected chi connectivity index (χ1v) is 13.7. The molecule has 6 heteroatoms. The summed E-state index contributed by atoms with van der Waals surface area (Å²) < 4.78 is 4.68. The van der Waals surface area contributed by atoms with E-state index in [9.17, 15) is 5.21 Å². The zero-order valence-corrected chi connectivity index (χ0v) is 23.4. The highest BCUT2D eigenvalue weighted by atomic mass is 32.2. The van der Waals surface area contributed by atoms with E-state index in [0.29, 0.717) is 0 Å². The lowest BCUT2D eigenvalue weighted by atomic mass is 9.62. The minimum absolute atomic E-state index is 0.134. The van der Waals surface area contributed by atoms with Crippen molar-refractivity contribution in [2.24, 2.45) is 0 Å². The van der Waals surface area contributed by atoms with E-state index in [1.165, 1.54) is 15.8 Å². The molecule has 0 aliphatic carbocycles. The highest BCUT2D eigenvalue weighted by Crippen LogP contribution is 2.37. The van der Waals surface area contributed by atoms with Crippen LogP contribution >= 0.6 is 11.6 Å². The Labute approximate surface area is 220 Å². The monoisotopic (exact) mass is 499 g/mol. The molecule has 0 aliphatic rings. The largest absolute Gasteiger partial charge is 0.361 e. The van der Waals surface area contributed by atoms with Crippen molar-refractivity contribution < 1.29 is 9.77 Å². The van der Waals surface area contributed by atoms with Crippen molar-refractivity contribution >= 4 is 34.1 Å². The molecule has 3 aromatic carbocycles. The van der Waals surface area contributed by atoms with Crippen LogP contribution in [0, 0.1) is 0 Å². The van der Waals surface area contributed by atoms with Crippen LogP contribution in [-0.2, 0) is 5.21 Å². The van der Waals surface area contributed by atoms with Crippen molar-refractivity contribution in [3.8, 4) is 0 Å². The fourth-order valence-electron chi connectivity index (χ4n) is 4.74. The lowest BCUT2D eigenvalue weighted by Crippen LogP contribution is -2.62. The maximum Gasteiger partial charge on any atom is 0.126 e. The summed E-state index contributed by atoms with van der Waals surface area (Å²) in [7, 11) is 0. The minimum atomic E-state index is -0.555. The normalized spacial score (nSPS) is 13.4. The van der Waals surface area contributed by atoms with Crippen molar-refractivity contribution in [3.05, 3.63) is 90.8 Å². The summed E-state index contributed by atoms with van der Waals surface area (Å²) in [5.41, 5.74) is 1.64. The van der Waals surface area contributed by atoms with Crippen LogP contribution in [0.4, 0.5) is 0 Å². The number of benzene rings is 3. The topological polar surface area (TPSA) is 31.9 Å². The molecule has 2 radical (unpaired) electrons. The van der Waals surface area contributed by atoms with Gasteiger partial charge in [-0.25, -0.2) is 0 Å². The number of fused-ring (bicyclic) bond motifs is 1. The molecule has 4 aromatic rings. The van der Waals surface area contributed by atoms with Gasteiger partial charge >= 0.3 is 0 Å². The van der Waals surface area contributed by atoms with Gasteiger partial charge in [-0.2, -0.15) is 5.06 Å². The molecule has 1 atom stereocenters. The number of rotatable bonds is 8. The van der Waals surface area contributed by atoms with Crippen LogP contribution in [0.15, 0.2) is 90.1 Å². The summed E-state index contributed by atoms with van der Waals surface area (Å²) in [4.78, 5) is 1.16. The van der Waals surface area contributed by atoms with Crippen LogP contribution in [0.25, 0.3) is 10.8 Å². The predicted octanol–water partition coefficient (Wildman–Crippen LogP) is 6.81. The van der Waals surface area contributed by atoms with Crippen molar-refractivity contribution in [2.75, 3.05) is 0 Å². The third kappa shape index (κ3) is 5.56. The van der Waals surface area contributed by atoms with Gasteiger partial charge in [0, 0.05) is 5.54 Å². The van der Waals surface area contributed by atoms with Crippen molar-refractivity contribution in [2.45, 2.75) is 76.9 Å². The molecular formula is C30H38BN3OS. The SMILES string of the molecule is CC(C)n1cc[n+](C(C)C)c1[B-](Sc1ccc2ccccc2c1)C(c1ccccc1)N([O])C(C)(C)C. The average molecular weight is 500 g/mol. The quantitative estimate of drug-likeness (QED) is 0.152. The highest BCUT2D eigenvalue weighted by molar-refractivity contribution is 8.26. The Kier molecular flexibility index (Phi) is 7.98. The maximum atomic E-state index is 14.2. The molecular weight excluding hydrogens is 461 g/mol. The van der Waals surface area contributed by atoms with E-state index in [-0.39, 0.29) is 24.0 Å². The van der Waals surface area contributed by atoms with E-state index >= 15 is 0 Å². The summed E-state index contributed by atoms with van der Waals surface area (Å²) >= 11 is 1.79. The first-order valence-electron chi connectivity index (χ1n) is 12.9. The number of hydroxylamine groups is 2. The summed E-state index contributed by atoms with van der Waals surface area (Å²) in [5.74, 6) is -0.509. The Hall–Kier alpha value is -2.54. The van der Waals surface area contributed by atoms with E-state index in [0.717, 1.165) is 16.2 Å². The van der Waals surface area contributed by atoms with Crippen molar-refractivity contribution in [1.82, 2.24) is 9.63 Å². The van der Waals surface area contributed by atoms with Crippen LogP contribution in [0.5, 0.6) is 0 Å². The lowest BCUT2D eigenvalue weighted by Gasteiger charge is -2.44. The average Bonchev–Trinajstić information content (AvgIpc) is 3.29. The van der Waals surface area contributed by atoms with E-state index in [1.54, 1.807) is 11.6 Å². The fraction of sp³-hybridized carbons (Fsp3) is 0.367. The van der Waals surface area contributed by atoms with Gasteiger partial charge in [-0.1, -0.05) is 78.2 Å². The minimum Gasteiger partial charge on any atom is -0.361 e. The zero-order valence-electron chi connectivity index (χ0n) is 22.6. The summed E-state index contributed by atoms with van der Waals surface area (Å²) in [6.07, 6.45) is 4.34. The van der Waals surface area contributed by atoms with E-state index in [2.05, 4.69) is 104 Å². The maximum absolute atomic E-state index is 14.2. The fourth-order valence-corrected chi connectivity index (χ4v) is 6.12. The Bertz CT molecular complexity index is 1270. The second-order valence-corrected chi connectivity index (χ2v) is 12.3. The van der Waals surface area contributed by atoms with Gasteiger partial charge in [0.1, 0.15) is 18.4 Å². The summed E-state index contributed by atoms with van der Waals surface area (Å²) in [5, 5.41) is 17.9. The molecule has 0 saturated heterocycles. The third-order valence-electron chi connectivity index (χ3n) is 6.61. The second kappa shape index (κ2) is 10.8. The molecule has 36 heavy (non-hydrogen) atoms. The molecule has 1 aromatic heterocycles. The van der Waals surface area contributed by atoms with E-state index in [1.807, 2.05) is 39.0 Å². The number of imidazole rings is 1. The van der Waals surface area contributed by atoms with Crippen LogP contribution < -0.4 is 10.3 Å². The molecule has 0 N–H and O–H groups in total. The molecule has 1 unspecified atom stereocenters. The van der Waals surface area contributed by atoms with Gasteiger partial charge in [-0.15, -0.1) is 5.21 Å². The Balaban J connectivity index is 1.95. The number of hydrogen-bond acceptors (Lipinski definition) is 2. The van der Waals surface area contributed by atoms with Crippen molar-refractivity contribution in [1.29, 1.82) is 0 Å². The van der Waals surface area contributed by atoms with Crippen LogP contribution in [0.1, 0.15) is 72.1 Å². The Morgan fingerprint density at radius 1 is 0.889 bits per heavy atom. The molecule has 0 fully saturated rings. The van der Waals surface area contributed by atoms with Gasteiger partial charge in [0.25, 0.3) is 0 Å². The molecule has 188 valence electrons. The summed E-state index contributed by atoms with van der Waals surface area (Å²) in [6, 6.07) is 25.9. The molecule has 4 nitrogen and oxygen atoms in total. The molecule has 0 spiro atoms. The molecule has 0 saturated carbocycles. The number of aromatic nitrogens is 2. The predicted molar refractivity (Wildman–Crippen MR) is 152 cm³/mol. The van der Waals surface area contributed by atoms with Gasteiger partial charge in [-0.3, -0.25) is 9.13 Å². The number of nitrogens with zero attached hydrogens (tertiary/aromatic N) is 3. The van der Waals surface area contributed by atoms with E-state index in [4.69, 9.17) is 0 Å². The second-order valence-electron chi connectivity index (χ2n) is 11.1. The van der Waals surface area contributed by atoms with Crippen LogP contribution in [0.3, 0.4) is 0 Å².